The molecule has 4 aromatic rings. The normalized spacial score (nSPS) is 7.85. The van der Waals surface area contributed by atoms with Gasteiger partial charge in [0.25, 0.3) is 5.69 Å². The first-order chi connectivity index (χ1) is 21.6. The maximum atomic E-state index is 10.2. The number of nitro benzene ring substituents is 1. The molecule has 0 saturated heterocycles. The van der Waals surface area contributed by atoms with Crippen molar-refractivity contribution in [2.45, 2.75) is 90.5 Å². The molecule has 0 radical (unpaired) electrons. The van der Waals surface area contributed by atoms with Crippen molar-refractivity contribution >= 4 is 23.0 Å². The number of aromatic nitrogens is 2. The molecule has 0 saturated carbocycles. The summed E-state index contributed by atoms with van der Waals surface area (Å²) in [7, 11) is 5.72. The van der Waals surface area contributed by atoms with Gasteiger partial charge in [0.05, 0.1) is 30.4 Å². The first kappa shape index (κ1) is 50.8. The summed E-state index contributed by atoms with van der Waals surface area (Å²) in [6.07, 6.45) is 0. The van der Waals surface area contributed by atoms with Crippen molar-refractivity contribution in [1.29, 1.82) is 0 Å². The Hall–Kier alpha value is -4.82. The van der Waals surface area contributed by atoms with E-state index < -0.39 is 0 Å². The van der Waals surface area contributed by atoms with Crippen LogP contribution in [0.4, 0.5) is 23.0 Å². The quantitative estimate of drug-likeness (QED) is 0.135. The topological polar surface area (TPSA) is 73.8 Å². The number of nitrogens with one attached hydrogen (secondary N) is 1. The van der Waals surface area contributed by atoms with Gasteiger partial charge in [-0.1, -0.05) is 112 Å². The number of benzene rings is 2. The van der Waals surface area contributed by atoms with E-state index in [2.05, 4.69) is 34.1 Å². The zero-order chi connectivity index (χ0) is 36.0. The molecule has 1 N–H and O–H groups in total. The number of hydrogen-bond donors (Lipinski definition) is 1. The largest absolute Gasteiger partial charge is 0.388 e. The zero-order valence-corrected chi connectivity index (χ0v) is 30.5. The van der Waals surface area contributed by atoms with E-state index in [1.807, 2.05) is 136 Å². The van der Waals surface area contributed by atoms with Gasteiger partial charge in [0, 0.05) is 24.4 Å². The van der Waals surface area contributed by atoms with Crippen LogP contribution >= 0.6 is 0 Å². The number of aryl methyl sites for hydroxylation is 4. The standard InChI is InChI=1S/C8H11N.2C7H8N2.C7H7NO2.4C2H6.CH4/c1-7-5-3-4-6-8(7)9-2;2*1-6-4-5-7(8-2)9(6)3;1-6-4-2-3-5-7(6)8(9)10;4*1-2;/h3-6,9H,1-2H3;2*4-5H,1,3H3;2-5H,1H3;4*1-2H3;1H4. The molecular formula is C38H62N6O2. The number of rotatable bonds is 2. The van der Waals surface area contributed by atoms with Gasteiger partial charge in [-0.15, -0.1) is 0 Å². The van der Waals surface area contributed by atoms with Crippen LogP contribution in [0.3, 0.4) is 0 Å². The Morgan fingerprint density at radius 2 is 0.978 bits per heavy atom. The monoisotopic (exact) mass is 634 g/mol. The summed E-state index contributed by atoms with van der Waals surface area (Å²) in [5.74, 6) is 1.40. The van der Waals surface area contributed by atoms with Gasteiger partial charge in [-0.2, -0.15) is 0 Å². The lowest BCUT2D eigenvalue weighted by Gasteiger charge is -2.01. The molecule has 0 bridgehead atoms. The molecule has 0 atom stereocenters. The Bertz CT molecular complexity index is 1330. The van der Waals surface area contributed by atoms with E-state index in [0.29, 0.717) is 17.2 Å². The first-order valence-electron chi connectivity index (χ1n) is 15.5. The summed E-state index contributed by atoms with van der Waals surface area (Å²) in [5, 5.41) is 13.3. The number of nitrogens with zero attached hydrogens (tertiary/aromatic N) is 5. The maximum Gasteiger partial charge on any atom is 0.272 e. The van der Waals surface area contributed by atoms with E-state index in [4.69, 9.17) is 13.1 Å². The summed E-state index contributed by atoms with van der Waals surface area (Å²) >= 11 is 0. The highest BCUT2D eigenvalue weighted by Gasteiger charge is 2.06. The SMILES string of the molecule is C.CC.CC.CC.CC.CNc1ccccc1C.Cc1ccccc1[N+](=O)[O-].[C-]#[N+]c1ccc(C)n1C.[C-]#[N+]c1ccc(C)n1C. The summed E-state index contributed by atoms with van der Waals surface area (Å²) in [5.41, 5.74) is 5.63. The molecule has 8 nitrogen and oxygen atoms in total. The smallest absolute Gasteiger partial charge is 0.272 e. The second-order valence-electron chi connectivity index (χ2n) is 8.12. The molecule has 256 valence electrons. The lowest BCUT2D eigenvalue weighted by atomic mass is 10.2. The minimum Gasteiger partial charge on any atom is -0.388 e. The van der Waals surface area contributed by atoms with Crippen LogP contribution < -0.4 is 5.32 Å². The van der Waals surface area contributed by atoms with Crippen molar-refractivity contribution in [3.8, 4) is 0 Å². The Kier molecular flexibility index (Phi) is 36.5. The van der Waals surface area contributed by atoms with Crippen LogP contribution in [0.25, 0.3) is 9.69 Å². The second-order valence-corrected chi connectivity index (χ2v) is 8.12. The maximum absolute atomic E-state index is 10.2. The highest BCUT2D eigenvalue weighted by Crippen LogP contribution is 2.16. The third-order valence-electron chi connectivity index (χ3n) is 5.65. The third kappa shape index (κ3) is 20.2. The summed E-state index contributed by atoms with van der Waals surface area (Å²) < 4.78 is 3.74. The fourth-order valence-electron chi connectivity index (χ4n) is 3.05. The van der Waals surface area contributed by atoms with E-state index >= 15 is 0 Å². The van der Waals surface area contributed by atoms with Gasteiger partial charge in [0.2, 0.25) is 11.6 Å². The predicted octanol–water partition coefficient (Wildman–Crippen LogP) is 12.4. The van der Waals surface area contributed by atoms with Crippen LogP contribution in [-0.4, -0.2) is 21.1 Å². The Morgan fingerprint density at radius 3 is 1.17 bits per heavy atom. The molecule has 0 unspecified atom stereocenters. The number of para-hydroxylation sites is 2. The number of nitro groups is 1. The minimum atomic E-state index is -0.380. The van der Waals surface area contributed by atoms with E-state index in [0.717, 1.165) is 11.4 Å². The van der Waals surface area contributed by atoms with Gasteiger partial charge in [-0.25, -0.2) is 0 Å². The Balaban J connectivity index is -0.000000150. The van der Waals surface area contributed by atoms with Gasteiger partial charge in [-0.05, 0) is 63.6 Å². The molecule has 0 fully saturated rings. The average Bonchev–Trinajstić information content (AvgIpc) is 3.60. The van der Waals surface area contributed by atoms with Gasteiger partial charge < -0.3 is 24.1 Å². The molecule has 4 rings (SSSR count). The fourth-order valence-corrected chi connectivity index (χ4v) is 3.05. The molecule has 8 heteroatoms. The first-order valence-corrected chi connectivity index (χ1v) is 15.5. The van der Waals surface area contributed by atoms with Crippen molar-refractivity contribution in [2.24, 2.45) is 14.1 Å². The van der Waals surface area contributed by atoms with Crippen LogP contribution in [0.5, 0.6) is 0 Å². The molecular weight excluding hydrogens is 572 g/mol. The highest BCUT2D eigenvalue weighted by atomic mass is 16.6. The molecule has 46 heavy (non-hydrogen) atoms. The van der Waals surface area contributed by atoms with Crippen molar-refractivity contribution < 1.29 is 4.92 Å². The molecule has 2 heterocycles. The molecule has 0 aliphatic carbocycles. The van der Waals surface area contributed by atoms with Crippen LogP contribution in [0, 0.1) is 51.0 Å². The molecule has 0 spiro atoms. The van der Waals surface area contributed by atoms with Crippen molar-refractivity contribution in [1.82, 2.24) is 9.13 Å². The molecule has 0 amide bonds. The van der Waals surface area contributed by atoms with Gasteiger partial charge in [0.1, 0.15) is 0 Å². The second kappa shape index (κ2) is 33.1. The van der Waals surface area contributed by atoms with Gasteiger partial charge in [-0.3, -0.25) is 10.1 Å². The summed E-state index contributed by atoms with van der Waals surface area (Å²) in [4.78, 5) is 16.5. The van der Waals surface area contributed by atoms with E-state index in [-0.39, 0.29) is 18.0 Å². The van der Waals surface area contributed by atoms with Crippen LogP contribution in [0.15, 0.2) is 72.8 Å². The van der Waals surface area contributed by atoms with Crippen molar-refractivity contribution in [3.63, 3.8) is 0 Å². The van der Waals surface area contributed by atoms with Crippen LogP contribution in [0.2, 0.25) is 0 Å². The van der Waals surface area contributed by atoms with Gasteiger partial charge >= 0.3 is 0 Å². The molecule has 2 aromatic carbocycles. The number of hydrogen-bond acceptors (Lipinski definition) is 3. The Morgan fingerprint density at radius 1 is 0.630 bits per heavy atom. The van der Waals surface area contributed by atoms with E-state index in [9.17, 15) is 10.1 Å². The summed E-state index contributed by atoms with van der Waals surface area (Å²) in [6.45, 7) is 37.2. The highest BCUT2D eigenvalue weighted by molar-refractivity contribution is 5.49. The molecule has 0 aliphatic rings. The predicted molar refractivity (Wildman–Crippen MR) is 204 cm³/mol. The minimum absolute atomic E-state index is 0. The van der Waals surface area contributed by atoms with Crippen molar-refractivity contribution in [3.05, 3.63) is 128 Å². The lowest BCUT2D eigenvalue weighted by molar-refractivity contribution is -0.385. The van der Waals surface area contributed by atoms with Crippen molar-refractivity contribution in [2.75, 3.05) is 12.4 Å². The molecule has 2 aromatic heterocycles. The summed E-state index contributed by atoms with van der Waals surface area (Å²) in [6, 6.07) is 22.4. The lowest BCUT2D eigenvalue weighted by Crippen LogP contribution is -1.89. The third-order valence-corrected chi connectivity index (χ3v) is 5.65. The fraction of sp³-hybridized carbons (Fsp3) is 0.421. The van der Waals surface area contributed by atoms with E-state index in [1.54, 1.807) is 25.1 Å². The van der Waals surface area contributed by atoms with Crippen LogP contribution in [-0.2, 0) is 14.1 Å². The van der Waals surface area contributed by atoms with E-state index in [1.165, 1.54) is 17.3 Å². The number of anilines is 1. The van der Waals surface area contributed by atoms with Crippen LogP contribution in [0.1, 0.15) is 85.3 Å². The molecule has 0 aliphatic heterocycles. The zero-order valence-electron chi connectivity index (χ0n) is 30.5. The van der Waals surface area contributed by atoms with Gasteiger partial charge in [0.15, 0.2) is 0 Å². The average molecular weight is 635 g/mol. The Labute approximate surface area is 281 Å².